The van der Waals surface area contributed by atoms with Gasteiger partial charge >= 0.3 is 5.63 Å². The van der Waals surface area contributed by atoms with Crippen LogP contribution in [0.5, 0.6) is 5.75 Å². The van der Waals surface area contributed by atoms with E-state index in [2.05, 4.69) is 22.0 Å². The van der Waals surface area contributed by atoms with E-state index in [4.69, 9.17) is 18.7 Å². The quantitative estimate of drug-likeness (QED) is 0.132. The van der Waals surface area contributed by atoms with Gasteiger partial charge in [-0.05, 0) is 20.3 Å². The molecule has 39 heavy (non-hydrogen) atoms. The van der Waals surface area contributed by atoms with Crippen molar-refractivity contribution in [3.05, 3.63) is 41.0 Å². The second kappa shape index (κ2) is 13.5. The summed E-state index contributed by atoms with van der Waals surface area (Å²) in [4.78, 5) is 35.2. The van der Waals surface area contributed by atoms with Gasteiger partial charge in [0, 0.05) is 11.8 Å². The van der Waals surface area contributed by atoms with Gasteiger partial charge in [-0.2, -0.15) is 0 Å². The molecule has 0 aliphatic carbocycles. The number of ether oxygens (including phenoxy) is 2. The van der Waals surface area contributed by atoms with Crippen LogP contribution in [0, 0.1) is 0 Å². The third-order valence-corrected chi connectivity index (χ3v) is 7.50. The Morgan fingerprint density at radius 1 is 1.36 bits per heavy atom. The number of thioether (sulfide) groups is 1. The summed E-state index contributed by atoms with van der Waals surface area (Å²) in [6.45, 7) is 8.38. The Kier molecular flexibility index (Phi) is 10.7. The normalized spacial score (nSPS) is 29.9. The van der Waals surface area contributed by atoms with Gasteiger partial charge in [0.25, 0.3) is 6.29 Å². The van der Waals surface area contributed by atoms with Crippen molar-refractivity contribution in [2.45, 2.75) is 75.9 Å². The van der Waals surface area contributed by atoms with Crippen molar-refractivity contribution in [3.63, 3.8) is 0 Å². The van der Waals surface area contributed by atoms with Gasteiger partial charge in [0.1, 0.15) is 58.8 Å². The molecule has 1 unspecified atom stereocenters. The van der Waals surface area contributed by atoms with E-state index in [9.17, 15) is 30.0 Å². The third kappa shape index (κ3) is 7.47. The summed E-state index contributed by atoms with van der Waals surface area (Å²) in [5.74, 6) is 0.490. The Balaban J connectivity index is 1.71. The van der Waals surface area contributed by atoms with Crippen molar-refractivity contribution >= 4 is 28.4 Å². The average Bonchev–Trinajstić information content (AvgIpc) is 3.33. The first kappa shape index (κ1) is 30.8. The molecule has 0 radical (unpaired) electrons. The smallest absolute Gasteiger partial charge is 0.339 e. The van der Waals surface area contributed by atoms with Gasteiger partial charge in [-0.25, -0.2) is 4.79 Å². The van der Waals surface area contributed by atoms with E-state index in [0.29, 0.717) is 29.4 Å². The van der Waals surface area contributed by atoms with Crippen LogP contribution in [0.15, 0.2) is 44.1 Å². The Hall–Kier alpha value is -2.75. The van der Waals surface area contributed by atoms with E-state index < -0.39 is 54.5 Å². The maximum atomic E-state index is 13.3. The lowest BCUT2D eigenvalue weighted by atomic mass is 9.99. The molecular weight excluding hydrogens is 534 g/mol. The first-order valence-electron chi connectivity index (χ1n) is 12.5. The maximum Gasteiger partial charge on any atom is 0.339 e. The predicted molar refractivity (Wildman–Crippen MR) is 143 cm³/mol. The van der Waals surface area contributed by atoms with Gasteiger partial charge in [-0.15, -0.1) is 11.8 Å². The lowest BCUT2D eigenvalue weighted by Crippen LogP contribution is -2.58. The topological polar surface area (TPSA) is 193 Å². The highest BCUT2D eigenvalue weighted by Crippen LogP contribution is 2.31. The zero-order valence-electron chi connectivity index (χ0n) is 22.0. The van der Waals surface area contributed by atoms with E-state index in [1.807, 2.05) is 6.92 Å². The minimum atomic E-state index is -1.61. The third-order valence-electron chi connectivity index (χ3n) is 6.14. The first-order valence-corrected chi connectivity index (χ1v) is 13.4. The number of nitrogens with zero attached hydrogens (tertiary/aromatic N) is 2. The number of aliphatic hydroxyl groups is 4. The van der Waals surface area contributed by atoms with Crippen LogP contribution in [-0.4, -0.2) is 92.3 Å². The molecule has 1 aromatic heterocycles. The number of rotatable bonds is 12. The second-order valence-electron chi connectivity index (χ2n) is 9.39. The summed E-state index contributed by atoms with van der Waals surface area (Å²) in [5, 5.41) is 46.5. The molecule has 1 saturated heterocycles. The largest absolute Gasteiger partial charge is 0.489 e. The zero-order valence-corrected chi connectivity index (χ0v) is 22.8. The van der Waals surface area contributed by atoms with Crippen LogP contribution >= 0.6 is 11.8 Å². The Bertz CT molecular complexity index is 1140. The monoisotopic (exact) mass is 569 g/mol. The fraction of sp³-hybridized carbons (Fsp3) is 0.600. The molecule has 2 aliphatic rings. The number of aliphatic hydroxyl groups excluding tert-OH is 4. The van der Waals surface area contributed by atoms with Crippen LogP contribution in [0.25, 0.3) is 0 Å². The molecule has 3 heterocycles. The fourth-order valence-corrected chi connectivity index (χ4v) is 5.02. The molecule has 0 bridgehead atoms. The van der Waals surface area contributed by atoms with E-state index in [-0.39, 0.29) is 24.0 Å². The van der Waals surface area contributed by atoms with Crippen LogP contribution in [0.4, 0.5) is 0 Å². The highest BCUT2D eigenvalue weighted by molar-refractivity contribution is 8.16. The summed E-state index contributed by atoms with van der Waals surface area (Å²) in [6.07, 6.45) is -4.54. The van der Waals surface area contributed by atoms with E-state index in [1.165, 1.54) is 17.8 Å². The van der Waals surface area contributed by atoms with E-state index >= 15 is 0 Å². The molecular formula is C25H35N3O10S. The number of carbonyl (C=O) groups is 1. The number of hydrogen-bond donors (Lipinski definition) is 5. The molecule has 2 aliphatic heterocycles. The summed E-state index contributed by atoms with van der Waals surface area (Å²) in [5.41, 5.74) is -1.48. The van der Waals surface area contributed by atoms with Crippen molar-refractivity contribution < 1.29 is 43.9 Å². The average molecular weight is 570 g/mol. The lowest BCUT2D eigenvalue weighted by molar-refractivity contribution is -0.301. The number of nitrogens with one attached hydrogen (secondary N) is 1. The minimum Gasteiger partial charge on any atom is -0.489 e. The van der Waals surface area contributed by atoms with Crippen LogP contribution in [-0.2, 0) is 14.4 Å². The van der Waals surface area contributed by atoms with Gasteiger partial charge in [0.05, 0.1) is 18.7 Å². The molecule has 14 heteroatoms. The molecule has 3 rings (SSSR count). The van der Waals surface area contributed by atoms with Gasteiger partial charge < -0.3 is 44.5 Å². The van der Waals surface area contributed by atoms with Gasteiger partial charge in [-0.1, -0.05) is 31.2 Å². The molecule has 7 atom stereocenters. The number of hydrogen-bond acceptors (Lipinski definition) is 13. The Morgan fingerprint density at radius 2 is 2.10 bits per heavy atom. The van der Waals surface area contributed by atoms with Crippen LogP contribution in [0.2, 0.25) is 0 Å². The van der Waals surface area contributed by atoms with Gasteiger partial charge in [0.2, 0.25) is 5.91 Å². The molecule has 13 nitrogen and oxygen atoms in total. The molecule has 1 aromatic rings. The molecule has 216 valence electrons. The maximum absolute atomic E-state index is 13.3. The summed E-state index contributed by atoms with van der Waals surface area (Å²) >= 11 is 1.27. The number of aliphatic imine (C=N–C) groups is 1. The molecule has 5 N–H and O–H groups in total. The zero-order chi connectivity index (χ0) is 28.7. The number of carbonyl (C=O) groups excluding carboxylic acids is 1. The van der Waals surface area contributed by atoms with Crippen molar-refractivity contribution in [3.8, 4) is 5.75 Å². The van der Waals surface area contributed by atoms with Crippen molar-refractivity contribution in [2.24, 2.45) is 10.1 Å². The number of amides is 1. The molecule has 0 saturated carbocycles. The van der Waals surface area contributed by atoms with Crippen molar-refractivity contribution in [1.82, 2.24) is 5.32 Å². The van der Waals surface area contributed by atoms with Crippen molar-refractivity contribution in [2.75, 3.05) is 19.0 Å². The van der Waals surface area contributed by atoms with Gasteiger partial charge in [-0.3, -0.25) is 9.79 Å². The lowest BCUT2D eigenvalue weighted by Gasteiger charge is -2.38. The molecule has 1 fully saturated rings. The van der Waals surface area contributed by atoms with E-state index in [0.717, 1.165) is 0 Å². The van der Waals surface area contributed by atoms with Crippen LogP contribution in [0.3, 0.4) is 0 Å². The molecule has 0 aromatic carbocycles. The summed E-state index contributed by atoms with van der Waals surface area (Å²) in [6, 6.07) is 2.20. The second-order valence-corrected chi connectivity index (χ2v) is 10.4. The molecule has 0 spiro atoms. The van der Waals surface area contributed by atoms with Crippen LogP contribution < -0.4 is 15.7 Å². The minimum absolute atomic E-state index is 0.210. The summed E-state index contributed by atoms with van der Waals surface area (Å²) < 4.78 is 16.1. The van der Waals surface area contributed by atoms with Crippen LogP contribution in [0.1, 0.15) is 45.4 Å². The Labute approximate surface area is 229 Å². The fourth-order valence-electron chi connectivity index (χ4n) is 3.89. The number of oxime groups is 1. The van der Waals surface area contributed by atoms with Gasteiger partial charge in [0.15, 0.2) is 0 Å². The Morgan fingerprint density at radius 3 is 2.77 bits per heavy atom. The highest BCUT2D eigenvalue weighted by Gasteiger charge is 2.45. The SMILES string of the molecule is C=CCOc1cc([C@@H](CCC)NC(=O)C2(C)CSC(/C(C)=N/O[C@H]3O[C@H](CO)[C@@H](O)[C@H](O)[C@@H]3O)=N2)oc(=O)c1. The van der Waals surface area contributed by atoms with E-state index in [1.54, 1.807) is 26.0 Å². The molecule has 1 amide bonds. The predicted octanol–water partition coefficient (Wildman–Crippen LogP) is 0.258. The standard InChI is InChI=1S/C25H35N3O10S/c1-5-7-15(16-9-14(35-8-6-2)10-18(30)36-16)26-24(34)25(4)12-39-22(27-25)13(3)28-38-23-21(33)20(32)19(31)17(11-29)37-23/h6,9-10,15,17,19-21,23,29,31-33H,2,5,7-8,11-12H2,1,3-4H3,(H,26,34)/b28-13+/t15-,17-,19-,20+,21+,23-,25?/m1/s1. The van der Waals surface area contributed by atoms with Crippen molar-refractivity contribution in [1.29, 1.82) is 0 Å². The first-order chi connectivity index (χ1) is 18.5. The summed E-state index contributed by atoms with van der Waals surface area (Å²) in [7, 11) is 0. The highest BCUT2D eigenvalue weighted by atomic mass is 32.2.